The highest BCUT2D eigenvalue weighted by molar-refractivity contribution is 6.32. The number of aliphatic hydroxyl groups excluding tert-OH is 1. The van der Waals surface area contributed by atoms with Crippen molar-refractivity contribution < 1.29 is 33.6 Å². The molecule has 2 bridgehead atoms. The number of nitrogens with two attached hydrogens (primary N) is 1. The van der Waals surface area contributed by atoms with Gasteiger partial charge in [-0.15, -0.1) is 10.2 Å². The van der Waals surface area contributed by atoms with Gasteiger partial charge in [-0.2, -0.15) is 5.48 Å². The number of hydroxylamine groups is 1. The third kappa shape index (κ3) is 9.35. The lowest BCUT2D eigenvalue weighted by atomic mass is 9.49. The number of hydrogen-bond donors (Lipinski definition) is 4. The molecule has 7 heterocycles. The van der Waals surface area contributed by atoms with Crippen molar-refractivity contribution in [3.05, 3.63) is 119 Å². The molecule has 2 aliphatic carbocycles. The van der Waals surface area contributed by atoms with Crippen molar-refractivity contribution in [3.8, 4) is 33.9 Å². The zero-order chi connectivity index (χ0) is 52.4. The first-order valence-corrected chi connectivity index (χ1v) is 27.1. The van der Waals surface area contributed by atoms with Gasteiger partial charge in [0.15, 0.2) is 17.3 Å². The maximum absolute atomic E-state index is 14.4. The van der Waals surface area contributed by atoms with Crippen LogP contribution in [0.15, 0.2) is 95.8 Å². The first-order chi connectivity index (χ1) is 36.8. The number of amides is 2. The number of anilines is 3. The summed E-state index contributed by atoms with van der Waals surface area (Å²) in [6, 6.07) is 22.2. The molecule has 2 saturated carbocycles. The smallest absolute Gasteiger partial charge is 0.275 e. The summed E-state index contributed by atoms with van der Waals surface area (Å²) in [5.41, 5.74) is 14.1. The number of aromatic nitrogens is 5. The number of piperazine rings is 1. The minimum absolute atomic E-state index is 0.0301. The monoisotopic (exact) mass is 1050 g/mol. The van der Waals surface area contributed by atoms with Crippen LogP contribution in [0.4, 0.5) is 21.8 Å². The van der Waals surface area contributed by atoms with E-state index in [2.05, 4.69) is 35.5 Å². The van der Waals surface area contributed by atoms with Gasteiger partial charge in [-0.25, -0.2) is 14.4 Å². The maximum Gasteiger partial charge on any atom is 0.275 e. The minimum Gasteiger partial charge on any atom is -0.507 e. The Morgan fingerprint density at radius 3 is 2.24 bits per heavy atom. The van der Waals surface area contributed by atoms with Crippen LogP contribution >= 0.6 is 11.6 Å². The molecule has 76 heavy (non-hydrogen) atoms. The second-order valence-electron chi connectivity index (χ2n) is 22.4. The van der Waals surface area contributed by atoms with Crippen molar-refractivity contribution in [2.75, 3.05) is 48.3 Å². The number of β-amino-alcohol motifs (C(OH)–C–C–N with tert-alkyl or cyclic N) is 1. The number of carbonyl (C=O) groups excluding carboxylic acids is 2. The van der Waals surface area contributed by atoms with Gasteiger partial charge in [0.05, 0.1) is 17.5 Å². The average Bonchev–Trinajstić information content (AvgIpc) is 4.09. The number of fused-ring (bicyclic) bond motifs is 2. The van der Waals surface area contributed by atoms with E-state index in [-0.39, 0.29) is 65.5 Å². The number of nitrogens with one attached hydrogen (secondary N) is 1. The number of rotatable bonds is 13. The minimum atomic E-state index is -0.991. The molecule has 396 valence electrons. The van der Waals surface area contributed by atoms with Crippen molar-refractivity contribution in [3.63, 3.8) is 0 Å². The highest BCUT2D eigenvalue weighted by Crippen LogP contribution is 2.64. The van der Waals surface area contributed by atoms with Gasteiger partial charge in [-0.1, -0.05) is 73.1 Å². The fourth-order valence-electron chi connectivity index (χ4n) is 13.4. The van der Waals surface area contributed by atoms with Gasteiger partial charge < -0.3 is 44.9 Å². The number of benzene rings is 3. The largest absolute Gasteiger partial charge is 0.507 e. The SMILES string of the molecule is CC(C)[C@@H](C(=O)N1C[C@H](O)C[C@H]1C(=O)NOc1ccc(-c2ccccc2F)cc1)c1onc([C@H]2CC3(C2)C[C@H](N2CCC(c4cnc(N5C6CCC5CN(c5cc(-c7ccccc7O)nnc5N)C6)nc4)CC2)C3)c1Cl. The summed E-state index contributed by atoms with van der Waals surface area (Å²) in [7, 11) is 0. The summed E-state index contributed by atoms with van der Waals surface area (Å²) in [4.78, 5) is 52.2. The zero-order valence-corrected chi connectivity index (χ0v) is 43.4. The fourth-order valence-corrected chi connectivity index (χ4v) is 13.7. The Hall–Kier alpha value is -6.89. The number of nitrogen functional groups attached to an aromatic ring is 1. The number of carbonyl (C=O) groups is 2. The van der Waals surface area contributed by atoms with E-state index in [1.807, 2.05) is 44.4 Å². The summed E-state index contributed by atoms with van der Waals surface area (Å²) in [5, 5.41) is 34.6. The van der Waals surface area contributed by atoms with Crippen LogP contribution < -0.4 is 25.9 Å². The number of phenolic OH excluding ortho intramolecular Hbond substituents is 1. The van der Waals surface area contributed by atoms with Crippen LogP contribution in [0.3, 0.4) is 0 Å². The van der Waals surface area contributed by atoms with Gasteiger partial charge >= 0.3 is 0 Å². The topological polar surface area (TPSA) is 212 Å². The molecule has 4 aliphatic heterocycles. The third-order valence-corrected chi connectivity index (χ3v) is 17.7. The predicted molar refractivity (Wildman–Crippen MR) is 284 cm³/mol. The summed E-state index contributed by atoms with van der Waals surface area (Å²) < 4.78 is 20.3. The second kappa shape index (κ2) is 20.2. The van der Waals surface area contributed by atoms with Crippen molar-refractivity contribution in [1.82, 2.24) is 40.6 Å². The molecule has 5 N–H and O–H groups in total. The van der Waals surface area contributed by atoms with E-state index >= 15 is 0 Å². The number of hydrogen-bond acceptors (Lipinski definition) is 15. The molecule has 2 amide bonds. The van der Waals surface area contributed by atoms with Crippen LogP contribution in [0.2, 0.25) is 5.02 Å². The molecule has 6 aliphatic rings. The van der Waals surface area contributed by atoms with Crippen molar-refractivity contribution >= 4 is 40.9 Å². The summed E-state index contributed by atoms with van der Waals surface area (Å²) in [6.45, 7) is 7.40. The van der Waals surface area contributed by atoms with E-state index < -0.39 is 24.0 Å². The molecule has 4 saturated heterocycles. The Morgan fingerprint density at radius 1 is 0.868 bits per heavy atom. The number of aliphatic hydroxyl groups is 1. The van der Waals surface area contributed by atoms with Crippen LogP contribution in [0.1, 0.15) is 106 Å². The van der Waals surface area contributed by atoms with Gasteiger partial charge in [-0.3, -0.25) is 9.59 Å². The van der Waals surface area contributed by atoms with Gasteiger partial charge in [0.25, 0.3) is 5.91 Å². The van der Waals surface area contributed by atoms with E-state index in [0.29, 0.717) is 56.6 Å². The first-order valence-electron chi connectivity index (χ1n) is 26.8. The number of phenols is 1. The molecule has 1 spiro atoms. The molecule has 3 aromatic carbocycles. The Labute approximate surface area is 445 Å². The Bertz CT molecular complexity index is 3090. The molecular formula is C57H63ClFN11O6. The van der Waals surface area contributed by atoms with E-state index in [0.717, 1.165) is 89.2 Å². The number of aromatic hydroxyl groups is 1. The lowest BCUT2D eigenvalue weighted by Gasteiger charge is -2.60. The highest BCUT2D eigenvalue weighted by atomic mass is 35.5. The Kier molecular flexibility index (Phi) is 13.3. The summed E-state index contributed by atoms with van der Waals surface area (Å²) in [5.74, 6) is 0.104. The van der Waals surface area contributed by atoms with Crippen LogP contribution in [0, 0.1) is 17.2 Å². The summed E-state index contributed by atoms with van der Waals surface area (Å²) >= 11 is 7.08. The maximum atomic E-state index is 14.4. The molecule has 6 fully saturated rings. The van der Waals surface area contributed by atoms with Crippen LogP contribution in [-0.4, -0.2) is 120 Å². The normalized spacial score (nSPS) is 25.9. The van der Waals surface area contributed by atoms with E-state index in [9.17, 15) is 24.2 Å². The van der Waals surface area contributed by atoms with Gasteiger partial charge in [0.2, 0.25) is 11.9 Å². The lowest BCUT2D eigenvalue weighted by molar-refractivity contribution is -0.143. The van der Waals surface area contributed by atoms with E-state index in [1.165, 1.54) is 16.5 Å². The van der Waals surface area contributed by atoms with Gasteiger partial charge in [0.1, 0.15) is 34.2 Å². The first kappa shape index (κ1) is 50.0. The van der Waals surface area contributed by atoms with E-state index in [4.69, 9.17) is 36.7 Å². The molecular weight excluding hydrogens is 989 g/mol. The van der Waals surface area contributed by atoms with Crippen LogP contribution in [0.25, 0.3) is 22.4 Å². The molecule has 6 aromatic rings. The molecule has 19 heteroatoms. The number of halogens is 2. The third-order valence-electron chi connectivity index (χ3n) is 17.4. The fraction of sp³-hybridized carbons (Fsp3) is 0.456. The Morgan fingerprint density at radius 2 is 1.55 bits per heavy atom. The average molecular weight is 1050 g/mol. The molecule has 5 atom stereocenters. The molecule has 0 radical (unpaired) electrons. The quantitative estimate of drug-likeness (QED) is 0.0802. The lowest BCUT2D eigenvalue weighted by Crippen LogP contribution is -2.57. The second-order valence-corrected chi connectivity index (χ2v) is 22.8. The van der Waals surface area contributed by atoms with Crippen molar-refractivity contribution in [2.45, 2.75) is 120 Å². The molecule has 3 aromatic heterocycles. The number of para-hydroxylation sites is 1. The van der Waals surface area contributed by atoms with E-state index in [1.54, 1.807) is 54.6 Å². The highest BCUT2D eigenvalue weighted by Gasteiger charge is 2.56. The number of likely N-dealkylation sites (tertiary alicyclic amines) is 2. The zero-order valence-electron chi connectivity index (χ0n) is 42.6. The predicted octanol–water partition coefficient (Wildman–Crippen LogP) is 8.24. The molecule has 12 rings (SSSR count). The van der Waals surface area contributed by atoms with Crippen molar-refractivity contribution in [2.24, 2.45) is 11.3 Å². The summed E-state index contributed by atoms with van der Waals surface area (Å²) in [6.07, 6.45) is 11.7. The van der Waals surface area contributed by atoms with Crippen LogP contribution in [-0.2, 0) is 9.59 Å². The van der Waals surface area contributed by atoms with Crippen molar-refractivity contribution in [1.29, 1.82) is 0 Å². The molecule has 17 nitrogen and oxygen atoms in total. The molecule has 2 unspecified atom stereocenters. The number of nitrogens with zero attached hydrogens (tertiary/aromatic N) is 9. The van der Waals surface area contributed by atoms with Gasteiger partial charge in [-0.05, 0) is 129 Å². The Balaban J connectivity index is 0.611. The standard InChI is InChI=1S/C57H63ClFN11O6/c1-32(2)49(55(74)69-31-40(71)21-47(69)54(73)66-75-41-15-11-34(12-16-41)42-7-3-5-9-44(42)59)52-50(58)51(65-76-52)35-23-57(24-35)25-39(26-57)67-19-17-33(18-20-67)36-27-61-56(62-28-36)70-37-13-14-38(70)30-68(29-37)46-22-45(63-64-53(46)60)43-8-4-6-10-48(43)72/h3-12,15-16,22,27-28,32-33,35,37-40,47,49,71-72H,13-14,17-21,23-26,29-31H2,1-2H3,(H2,60,64)(H,66,73)/t35-,37?,38?,39-,40-,47+,49-,57?/m1/s1. The van der Waals surface area contributed by atoms with Gasteiger partial charge in [0, 0.05) is 73.6 Å². The number of piperidine rings is 1. The van der Waals surface area contributed by atoms with Crippen LogP contribution in [0.5, 0.6) is 11.5 Å².